The van der Waals surface area contributed by atoms with E-state index in [9.17, 15) is 14.4 Å². The molecule has 142 valence electrons. The number of carbonyl (C=O) groups excluding carboxylic acids is 2. The monoisotopic (exact) mass is 378 g/mol. The van der Waals surface area contributed by atoms with Gasteiger partial charge in [-0.1, -0.05) is 30.3 Å². The van der Waals surface area contributed by atoms with Gasteiger partial charge in [0.15, 0.2) is 11.4 Å². The topological polar surface area (TPSA) is 116 Å². The summed E-state index contributed by atoms with van der Waals surface area (Å²) in [6, 6.07) is 14.7. The van der Waals surface area contributed by atoms with E-state index in [1.165, 1.54) is 19.2 Å². The van der Waals surface area contributed by atoms with Crippen LogP contribution in [0.15, 0.2) is 59.4 Å². The quantitative estimate of drug-likeness (QED) is 0.703. The summed E-state index contributed by atoms with van der Waals surface area (Å²) in [5.41, 5.74) is 6.54. The first-order valence-corrected chi connectivity index (χ1v) is 8.37. The zero-order valence-electron chi connectivity index (χ0n) is 15.3. The molecule has 0 fully saturated rings. The summed E-state index contributed by atoms with van der Waals surface area (Å²) in [6.45, 7) is 1.83. The Morgan fingerprint density at radius 1 is 1.11 bits per heavy atom. The van der Waals surface area contributed by atoms with Crippen molar-refractivity contribution in [2.45, 2.75) is 6.92 Å². The van der Waals surface area contributed by atoms with Crippen molar-refractivity contribution in [2.24, 2.45) is 5.73 Å². The molecular formula is C20H18N4O4. The maximum absolute atomic E-state index is 12.8. The molecule has 2 amide bonds. The Kier molecular flexibility index (Phi) is 5.21. The van der Waals surface area contributed by atoms with E-state index in [0.717, 1.165) is 10.2 Å². The molecule has 0 spiro atoms. The van der Waals surface area contributed by atoms with Gasteiger partial charge in [0.25, 0.3) is 17.4 Å². The molecule has 8 heteroatoms. The van der Waals surface area contributed by atoms with Crippen LogP contribution in [0.4, 0.5) is 5.69 Å². The number of amides is 2. The van der Waals surface area contributed by atoms with Crippen LogP contribution in [0.25, 0.3) is 5.69 Å². The number of hydrogen-bond donors (Lipinski definition) is 2. The molecule has 0 atom stereocenters. The molecule has 0 saturated carbocycles. The molecule has 1 heterocycles. The second-order valence-corrected chi connectivity index (χ2v) is 5.96. The number of hydrogen-bond acceptors (Lipinski definition) is 5. The number of ether oxygens (including phenoxy) is 1. The lowest BCUT2D eigenvalue weighted by molar-refractivity contribution is 0.100. The third kappa shape index (κ3) is 3.61. The number of primary amides is 1. The molecule has 1 aromatic heterocycles. The molecule has 0 radical (unpaired) electrons. The fraction of sp³-hybridized carbons (Fsp3) is 0.100. The van der Waals surface area contributed by atoms with Crippen molar-refractivity contribution < 1.29 is 14.3 Å². The smallest absolute Gasteiger partial charge is 0.280 e. The van der Waals surface area contributed by atoms with Gasteiger partial charge in [-0.15, -0.1) is 0 Å². The molecule has 8 nitrogen and oxygen atoms in total. The zero-order chi connectivity index (χ0) is 20.3. The van der Waals surface area contributed by atoms with Gasteiger partial charge in [-0.05, 0) is 30.7 Å². The third-order valence-electron chi connectivity index (χ3n) is 4.12. The van der Waals surface area contributed by atoms with E-state index >= 15 is 0 Å². The lowest BCUT2D eigenvalue weighted by atomic mass is 10.1. The molecule has 3 N–H and O–H groups in total. The van der Waals surface area contributed by atoms with E-state index in [1.54, 1.807) is 30.3 Å². The summed E-state index contributed by atoms with van der Waals surface area (Å²) < 4.78 is 6.29. The molecule has 28 heavy (non-hydrogen) atoms. The molecule has 0 aliphatic rings. The number of nitrogens with two attached hydrogens (primary N) is 1. The van der Waals surface area contributed by atoms with E-state index in [0.29, 0.717) is 5.69 Å². The highest BCUT2D eigenvalue weighted by molar-refractivity contribution is 6.08. The number of methoxy groups -OCH3 is 1. The summed E-state index contributed by atoms with van der Waals surface area (Å²) >= 11 is 0. The number of nitrogens with zero attached hydrogens (tertiary/aromatic N) is 2. The average molecular weight is 378 g/mol. The third-order valence-corrected chi connectivity index (χ3v) is 4.12. The summed E-state index contributed by atoms with van der Waals surface area (Å²) in [7, 11) is 1.34. The first-order chi connectivity index (χ1) is 13.4. The number of benzene rings is 2. The molecule has 0 unspecified atom stereocenters. The normalized spacial score (nSPS) is 10.4. The molecule has 0 aliphatic heterocycles. The minimum atomic E-state index is -0.680. The van der Waals surface area contributed by atoms with E-state index < -0.39 is 17.4 Å². The SMILES string of the molecule is COc1cc(=O)n(-c2ccccc2C)nc1C(=O)Nc1ccccc1C(N)=O. The van der Waals surface area contributed by atoms with Crippen LogP contribution in [-0.4, -0.2) is 28.7 Å². The predicted molar refractivity (Wildman–Crippen MR) is 104 cm³/mol. The van der Waals surface area contributed by atoms with Crippen LogP contribution >= 0.6 is 0 Å². The van der Waals surface area contributed by atoms with Gasteiger partial charge in [0.2, 0.25) is 0 Å². The van der Waals surface area contributed by atoms with Crippen LogP contribution in [0.3, 0.4) is 0 Å². The van der Waals surface area contributed by atoms with Crippen molar-refractivity contribution in [1.29, 1.82) is 0 Å². The van der Waals surface area contributed by atoms with Crippen molar-refractivity contribution in [3.05, 3.63) is 81.8 Å². The van der Waals surface area contributed by atoms with Gasteiger partial charge < -0.3 is 15.8 Å². The Labute approximate surface area is 160 Å². The van der Waals surface area contributed by atoms with Gasteiger partial charge in [0.1, 0.15) is 0 Å². The summed E-state index contributed by atoms with van der Waals surface area (Å²) in [6.07, 6.45) is 0. The lowest BCUT2D eigenvalue weighted by Crippen LogP contribution is -2.27. The van der Waals surface area contributed by atoms with Gasteiger partial charge >= 0.3 is 0 Å². The van der Waals surface area contributed by atoms with Gasteiger partial charge in [0.05, 0.1) is 30.1 Å². The lowest BCUT2D eigenvalue weighted by Gasteiger charge is -2.13. The summed E-state index contributed by atoms with van der Waals surface area (Å²) in [5, 5.41) is 6.79. The fourth-order valence-corrected chi connectivity index (χ4v) is 2.72. The van der Waals surface area contributed by atoms with Gasteiger partial charge in [-0.25, -0.2) is 0 Å². The highest BCUT2D eigenvalue weighted by Gasteiger charge is 2.20. The minimum Gasteiger partial charge on any atom is -0.494 e. The second-order valence-electron chi connectivity index (χ2n) is 5.96. The summed E-state index contributed by atoms with van der Waals surface area (Å²) in [5.74, 6) is -1.31. The summed E-state index contributed by atoms with van der Waals surface area (Å²) in [4.78, 5) is 36.9. The highest BCUT2D eigenvalue weighted by Crippen LogP contribution is 2.20. The highest BCUT2D eigenvalue weighted by atomic mass is 16.5. The van der Waals surface area contributed by atoms with Crippen LogP contribution in [0.2, 0.25) is 0 Å². The van der Waals surface area contributed by atoms with Gasteiger partial charge in [-0.3, -0.25) is 14.4 Å². The fourth-order valence-electron chi connectivity index (χ4n) is 2.72. The number of rotatable bonds is 5. The van der Waals surface area contributed by atoms with Crippen molar-refractivity contribution in [2.75, 3.05) is 12.4 Å². The number of nitrogens with one attached hydrogen (secondary N) is 1. The van der Waals surface area contributed by atoms with Gasteiger partial charge in [0, 0.05) is 0 Å². The Morgan fingerprint density at radius 2 is 1.79 bits per heavy atom. The Morgan fingerprint density at radius 3 is 2.46 bits per heavy atom. The van der Waals surface area contributed by atoms with E-state index in [-0.39, 0.29) is 22.7 Å². The van der Waals surface area contributed by atoms with Crippen LogP contribution in [0, 0.1) is 6.92 Å². The number of anilines is 1. The van der Waals surface area contributed by atoms with E-state index in [1.807, 2.05) is 19.1 Å². The van der Waals surface area contributed by atoms with Crippen molar-refractivity contribution >= 4 is 17.5 Å². The Hall–Kier alpha value is -3.94. The number of aryl methyl sites for hydroxylation is 1. The molecule has 0 saturated heterocycles. The van der Waals surface area contributed by atoms with Crippen molar-refractivity contribution in [1.82, 2.24) is 9.78 Å². The number of carbonyl (C=O) groups is 2. The average Bonchev–Trinajstić information content (AvgIpc) is 2.68. The number of aromatic nitrogens is 2. The molecule has 0 aliphatic carbocycles. The predicted octanol–water partition coefficient (Wildman–Crippen LogP) is 1.90. The first kappa shape index (κ1) is 18.8. The molecule has 2 aromatic carbocycles. The zero-order valence-corrected chi connectivity index (χ0v) is 15.3. The minimum absolute atomic E-state index is 0.0175. The maximum atomic E-state index is 12.8. The van der Waals surface area contributed by atoms with E-state index in [4.69, 9.17) is 10.5 Å². The first-order valence-electron chi connectivity index (χ1n) is 8.37. The largest absolute Gasteiger partial charge is 0.494 e. The second kappa shape index (κ2) is 7.75. The maximum Gasteiger partial charge on any atom is 0.280 e. The van der Waals surface area contributed by atoms with Crippen molar-refractivity contribution in [3.63, 3.8) is 0 Å². The Bertz CT molecular complexity index is 1120. The van der Waals surface area contributed by atoms with Crippen molar-refractivity contribution in [3.8, 4) is 11.4 Å². The van der Waals surface area contributed by atoms with Crippen LogP contribution < -0.4 is 21.3 Å². The molecule has 3 aromatic rings. The van der Waals surface area contributed by atoms with E-state index in [2.05, 4.69) is 10.4 Å². The van der Waals surface area contributed by atoms with Gasteiger partial charge in [-0.2, -0.15) is 9.78 Å². The number of para-hydroxylation sites is 2. The molecule has 3 rings (SSSR count). The van der Waals surface area contributed by atoms with Crippen LogP contribution in [0.5, 0.6) is 5.75 Å². The molecular weight excluding hydrogens is 360 g/mol. The van der Waals surface area contributed by atoms with Crippen LogP contribution in [0.1, 0.15) is 26.4 Å². The van der Waals surface area contributed by atoms with Crippen LogP contribution in [-0.2, 0) is 0 Å². The standard InChI is InChI=1S/C20H18N4O4/c1-12-7-3-6-10-15(12)24-17(25)11-16(28-2)18(23-24)20(27)22-14-9-5-4-8-13(14)19(21)26/h3-11H,1-2H3,(H2,21,26)(H,22,27). The Balaban J connectivity index is 2.08. The molecule has 0 bridgehead atoms.